The Morgan fingerprint density at radius 3 is 2.55 bits per heavy atom. The topological polar surface area (TPSA) is 98.2 Å². The summed E-state index contributed by atoms with van der Waals surface area (Å²) in [7, 11) is 3.04. The molecule has 0 spiro atoms. The highest BCUT2D eigenvalue weighted by Gasteiger charge is 2.17. The summed E-state index contributed by atoms with van der Waals surface area (Å²) in [6.45, 7) is 1.83. The van der Waals surface area contributed by atoms with Gasteiger partial charge in [0.2, 0.25) is 5.91 Å². The molecular formula is C23H21FN4O4S. The van der Waals surface area contributed by atoms with E-state index in [0.29, 0.717) is 39.1 Å². The number of thioether (sulfide) groups is 1. The first kappa shape index (κ1) is 22.4. The quantitative estimate of drug-likeness (QED) is 0.315. The number of ether oxygens (including phenoxy) is 2. The molecule has 0 unspecified atom stereocenters. The Labute approximate surface area is 192 Å². The Balaban J connectivity index is 1.61. The van der Waals surface area contributed by atoms with Crippen LogP contribution in [0.2, 0.25) is 0 Å². The van der Waals surface area contributed by atoms with E-state index >= 15 is 0 Å². The molecule has 2 heterocycles. The number of methoxy groups -OCH3 is 2. The summed E-state index contributed by atoms with van der Waals surface area (Å²) in [5.41, 5.74) is 2.29. The van der Waals surface area contributed by atoms with Crippen LogP contribution in [0.5, 0.6) is 11.5 Å². The van der Waals surface area contributed by atoms with Crippen molar-refractivity contribution in [3.05, 3.63) is 70.4 Å². The second kappa shape index (κ2) is 9.37. The average molecular weight is 469 g/mol. The molecule has 0 aliphatic heterocycles. The summed E-state index contributed by atoms with van der Waals surface area (Å²) in [5.74, 6) is 0.324. The largest absolute Gasteiger partial charge is 0.493 e. The number of carbonyl (C=O) groups excluding carboxylic acids is 1. The second-order valence-electron chi connectivity index (χ2n) is 7.13. The van der Waals surface area contributed by atoms with Gasteiger partial charge in [-0.05, 0) is 49.4 Å². The molecule has 2 aromatic carbocycles. The number of nitrogens with one attached hydrogen (secondary N) is 2. The average Bonchev–Trinajstić information content (AvgIpc) is 3.19. The van der Waals surface area contributed by atoms with Crippen molar-refractivity contribution < 1.29 is 18.7 Å². The molecular weight excluding hydrogens is 447 g/mol. The van der Waals surface area contributed by atoms with Crippen molar-refractivity contribution in [2.45, 2.75) is 12.1 Å². The lowest BCUT2D eigenvalue weighted by molar-refractivity contribution is -0.113. The van der Waals surface area contributed by atoms with Crippen molar-refractivity contribution in [3.63, 3.8) is 0 Å². The molecule has 0 fully saturated rings. The fraction of sp³-hybridized carbons (Fsp3) is 0.174. The molecule has 4 aromatic rings. The van der Waals surface area contributed by atoms with Gasteiger partial charge in [-0.3, -0.25) is 14.2 Å². The Kier molecular flexibility index (Phi) is 6.36. The number of rotatable bonds is 7. The van der Waals surface area contributed by atoms with E-state index in [2.05, 4.69) is 15.3 Å². The molecule has 1 amide bonds. The number of carbonyl (C=O) groups is 1. The normalized spacial score (nSPS) is 10.9. The van der Waals surface area contributed by atoms with Gasteiger partial charge in [0.1, 0.15) is 11.3 Å². The molecule has 8 nitrogen and oxygen atoms in total. The van der Waals surface area contributed by atoms with Crippen LogP contribution in [0.1, 0.15) is 5.69 Å². The fourth-order valence-corrected chi connectivity index (χ4v) is 4.15. The molecule has 0 radical (unpaired) electrons. The number of amides is 1. The first-order valence-corrected chi connectivity index (χ1v) is 10.9. The molecule has 2 N–H and O–H groups in total. The third-order valence-electron chi connectivity index (χ3n) is 4.84. The number of hydrogen-bond donors (Lipinski definition) is 2. The SMILES string of the molecule is COc1ccc(NC(=O)CSc2nc3cc(C)[nH]c3c(=O)n2-c2ccc(F)cc2)cc1OC. The van der Waals surface area contributed by atoms with Crippen LogP contribution >= 0.6 is 11.8 Å². The van der Waals surface area contributed by atoms with Crippen molar-refractivity contribution in [2.75, 3.05) is 25.3 Å². The monoisotopic (exact) mass is 468 g/mol. The molecule has 0 saturated heterocycles. The van der Waals surface area contributed by atoms with Crippen LogP contribution in [-0.2, 0) is 4.79 Å². The van der Waals surface area contributed by atoms with Gasteiger partial charge in [-0.15, -0.1) is 0 Å². The molecule has 0 bridgehead atoms. The first-order chi connectivity index (χ1) is 15.9. The number of anilines is 1. The number of fused-ring (bicyclic) bond motifs is 1. The van der Waals surface area contributed by atoms with Gasteiger partial charge < -0.3 is 19.8 Å². The second-order valence-corrected chi connectivity index (χ2v) is 8.07. The van der Waals surface area contributed by atoms with Gasteiger partial charge in [-0.1, -0.05) is 11.8 Å². The third-order valence-corrected chi connectivity index (χ3v) is 5.78. The minimum Gasteiger partial charge on any atom is -0.493 e. The maximum absolute atomic E-state index is 13.4. The summed E-state index contributed by atoms with van der Waals surface area (Å²) in [5, 5.41) is 3.11. The van der Waals surface area contributed by atoms with Gasteiger partial charge in [0, 0.05) is 17.4 Å². The number of halogens is 1. The maximum atomic E-state index is 13.4. The van der Waals surface area contributed by atoms with Gasteiger partial charge >= 0.3 is 0 Å². The highest BCUT2D eigenvalue weighted by Crippen LogP contribution is 2.30. The maximum Gasteiger partial charge on any atom is 0.283 e. The van der Waals surface area contributed by atoms with E-state index in [4.69, 9.17) is 9.47 Å². The molecule has 0 saturated carbocycles. The molecule has 0 aliphatic rings. The predicted octanol–water partition coefficient (Wildman–Crippen LogP) is 3.91. The van der Waals surface area contributed by atoms with E-state index in [1.165, 1.54) is 43.1 Å². The van der Waals surface area contributed by atoms with Crippen LogP contribution in [-0.4, -0.2) is 40.4 Å². The van der Waals surface area contributed by atoms with E-state index in [-0.39, 0.29) is 17.2 Å². The van der Waals surface area contributed by atoms with Gasteiger partial charge in [-0.25, -0.2) is 9.37 Å². The summed E-state index contributed by atoms with van der Waals surface area (Å²) < 4.78 is 25.3. The van der Waals surface area contributed by atoms with Gasteiger partial charge in [0.25, 0.3) is 5.56 Å². The van der Waals surface area contributed by atoms with Crippen molar-refractivity contribution in [1.82, 2.24) is 14.5 Å². The fourth-order valence-electron chi connectivity index (χ4n) is 3.33. The van der Waals surface area contributed by atoms with Gasteiger partial charge in [-0.2, -0.15) is 0 Å². The molecule has 33 heavy (non-hydrogen) atoms. The molecule has 2 aromatic heterocycles. The zero-order chi connectivity index (χ0) is 23.5. The minimum atomic E-state index is -0.417. The Morgan fingerprint density at radius 1 is 1.12 bits per heavy atom. The van der Waals surface area contributed by atoms with E-state index in [0.717, 1.165) is 17.5 Å². The number of benzene rings is 2. The number of aromatic nitrogens is 3. The van der Waals surface area contributed by atoms with Crippen molar-refractivity contribution in [2.24, 2.45) is 0 Å². The van der Waals surface area contributed by atoms with Gasteiger partial charge in [0.05, 0.1) is 31.2 Å². The van der Waals surface area contributed by atoms with Crippen LogP contribution in [0.3, 0.4) is 0 Å². The minimum absolute atomic E-state index is 0.00308. The van der Waals surface area contributed by atoms with Crippen LogP contribution in [0.15, 0.2) is 58.5 Å². The first-order valence-electron chi connectivity index (χ1n) is 9.92. The molecule has 10 heteroatoms. The van der Waals surface area contributed by atoms with E-state index < -0.39 is 5.82 Å². The van der Waals surface area contributed by atoms with Crippen LogP contribution < -0.4 is 20.3 Å². The number of aromatic amines is 1. The van der Waals surface area contributed by atoms with Crippen LogP contribution in [0, 0.1) is 12.7 Å². The molecule has 0 atom stereocenters. The van der Waals surface area contributed by atoms with Crippen LogP contribution in [0.25, 0.3) is 16.7 Å². The summed E-state index contributed by atoms with van der Waals surface area (Å²) in [6, 6.07) is 12.3. The summed E-state index contributed by atoms with van der Waals surface area (Å²) in [6.07, 6.45) is 0. The lowest BCUT2D eigenvalue weighted by Crippen LogP contribution is -2.23. The lowest BCUT2D eigenvalue weighted by Gasteiger charge is -2.13. The standard InChI is InChI=1S/C23H21FN4O4S/c1-13-10-17-21(25-13)22(30)28(16-7-4-14(24)5-8-16)23(27-17)33-12-20(29)26-15-6-9-18(31-2)19(11-15)32-3/h4-11,25H,12H2,1-3H3,(H,26,29). The number of aryl methyl sites for hydroxylation is 1. The Hall–Kier alpha value is -3.79. The number of hydrogen-bond acceptors (Lipinski definition) is 6. The number of nitrogens with zero attached hydrogens (tertiary/aromatic N) is 2. The molecule has 170 valence electrons. The van der Waals surface area contributed by atoms with Gasteiger partial charge in [0.15, 0.2) is 16.7 Å². The highest BCUT2D eigenvalue weighted by molar-refractivity contribution is 7.99. The molecule has 4 rings (SSSR count). The Morgan fingerprint density at radius 2 is 1.85 bits per heavy atom. The highest BCUT2D eigenvalue weighted by atomic mass is 32.2. The summed E-state index contributed by atoms with van der Waals surface area (Å²) >= 11 is 1.11. The predicted molar refractivity (Wildman–Crippen MR) is 125 cm³/mol. The van der Waals surface area contributed by atoms with E-state index in [1.54, 1.807) is 24.3 Å². The zero-order valence-corrected chi connectivity index (χ0v) is 19.0. The van der Waals surface area contributed by atoms with Crippen LogP contribution in [0.4, 0.5) is 10.1 Å². The van der Waals surface area contributed by atoms with Crippen molar-refractivity contribution >= 4 is 34.4 Å². The van der Waals surface area contributed by atoms with Crippen molar-refractivity contribution in [1.29, 1.82) is 0 Å². The zero-order valence-electron chi connectivity index (χ0n) is 18.1. The van der Waals surface area contributed by atoms with E-state index in [1.807, 2.05) is 6.92 Å². The van der Waals surface area contributed by atoms with E-state index in [9.17, 15) is 14.0 Å². The summed E-state index contributed by atoms with van der Waals surface area (Å²) in [4.78, 5) is 33.4. The number of H-pyrrole nitrogens is 1. The molecule has 0 aliphatic carbocycles. The third kappa shape index (κ3) is 4.70. The Bertz CT molecular complexity index is 1380. The lowest BCUT2D eigenvalue weighted by atomic mass is 10.2. The van der Waals surface area contributed by atoms with Crippen molar-refractivity contribution in [3.8, 4) is 17.2 Å². The smallest absolute Gasteiger partial charge is 0.283 e.